The summed E-state index contributed by atoms with van der Waals surface area (Å²) in [5.74, 6) is 0. The fraction of sp³-hybridized carbons (Fsp3) is 0.200. The van der Waals surface area contributed by atoms with Gasteiger partial charge in [-0.3, -0.25) is 0 Å². The Kier molecular flexibility index (Phi) is 2.01. The molecule has 12 heavy (non-hydrogen) atoms. The third-order valence-electron chi connectivity index (χ3n) is 1.97. The van der Waals surface area contributed by atoms with Gasteiger partial charge in [0.15, 0.2) is 0 Å². The van der Waals surface area contributed by atoms with Crippen molar-refractivity contribution in [1.29, 1.82) is 0 Å². The maximum Gasteiger partial charge on any atom is 0.123 e. The number of alkyl halides is 1. The van der Waals surface area contributed by atoms with Crippen LogP contribution in [0.25, 0.3) is 12.2 Å². The van der Waals surface area contributed by atoms with Gasteiger partial charge in [0.05, 0.1) is 0 Å². The molecule has 0 saturated carbocycles. The zero-order valence-electron chi connectivity index (χ0n) is 6.43. The highest BCUT2D eigenvalue weighted by Crippen LogP contribution is 2.06. The van der Waals surface area contributed by atoms with Crippen LogP contribution in [0.3, 0.4) is 0 Å². The summed E-state index contributed by atoms with van der Waals surface area (Å²) in [6.45, 7) is 0. The van der Waals surface area contributed by atoms with Gasteiger partial charge in [-0.05, 0) is 28.6 Å². The van der Waals surface area contributed by atoms with Crippen molar-refractivity contribution in [1.82, 2.24) is 0 Å². The molecule has 0 heterocycles. The lowest BCUT2D eigenvalue weighted by molar-refractivity contribution is 0.428. The molecule has 0 fully saturated rings. The summed E-state index contributed by atoms with van der Waals surface area (Å²) >= 11 is 3.38. The van der Waals surface area contributed by atoms with Crippen LogP contribution in [0.4, 0.5) is 4.39 Å². The molecule has 1 aromatic carbocycles. The third-order valence-corrected chi connectivity index (χ3v) is 2.47. The van der Waals surface area contributed by atoms with Crippen molar-refractivity contribution < 1.29 is 4.39 Å². The van der Waals surface area contributed by atoms with Gasteiger partial charge in [-0.2, -0.15) is 0 Å². The van der Waals surface area contributed by atoms with E-state index in [-0.39, 0.29) is 0 Å². The summed E-state index contributed by atoms with van der Waals surface area (Å²) in [5, 5.41) is 2.12. The Labute approximate surface area is 78.5 Å². The SMILES string of the molecule is FC1C=c2ccc(Br)cc2=CC1. The van der Waals surface area contributed by atoms with Crippen molar-refractivity contribution in [2.75, 3.05) is 0 Å². The molecule has 0 nitrogen and oxygen atoms in total. The third kappa shape index (κ3) is 1.44. The van der Waals surface area contributed by atoms with Crippen LogP contribution in [0.1, 0.15) is 6.42 Å². The minimum absolute atomic E-state index is 0.503. The first-order valence-corrected chi connectivity index (χ1v) is 4.67. The Morgan fingerprint density at radius 1 is 1.33 bits per heavy atom. The van der Waals surface area contributed by atoms with Crippen LogP contribution in [0, 0.1) is 0 Å². The molecular weight excluding hydrogens is 219 g/mol. The smallest absolute Gasteiger partial charge is 0.123 e. The maximum absolute atomic E-state index is 12.9. The lowest BCUT2D eigenvalue weighted by Crippen LogP contribution is -2.29. The van der Waals surface area contributed by atoms with E-state index < -0.39 is 6.17 Å². The van der Waals surface area contributed by atoms with Crippen LogP contribution in [-0.2, 0) is 0 Å². The summed E-state index contributed by atoms with van der Waals surface area (Å²) in [6, 6.07) is 5.88. The molecule has 1 aliphatic carbocycles. The van der Waals surface area contributed by atoms with Gasteiger partial charge in [0.25, 0.3) is 0 Å². The molecule has 0 spiro atoms. The summed E-state index contributed by atoms with van der Waals surface area (Å²) in [4.78, 5) is 0. The molecule has 1 aliphatic rings. The number of hydrogen-bond acceptors (Lipinski definition) is 0. The van der Waals surface area contributed by atoms with Crippen molar-refractivity contribution in [3.05, 3.63) is 33.1 Å². The molecule has 1 atom stereocenters. The minimum Gasteiger partial charge on any atom is -0.243 e. The number of fused-ring (bicyclic) bond motifs is 1. The predicted octanol–water partition coefficient (Wildman–Crippen LogP) is 1.75. The number of halogens is 2. The zero-order valence-corrected chi connectivity index (χ0v) is 8.01. The first-order valence-electron chi connectivity index (χ1n) is 3.87. The highest BCUT2D eigenvalue weighted by atomic mass is 79.9. The van der Waals surface area contributed by atoms with Crippen molar-refractivity contribution in [3.63, 3.8) is 0 Å². The second kappa shape index (κ2) is 3.02. The molecule has 0 radical (unpaired) electrons. The van der Waals surface area contributed by atoms with E-state index in [1.165, 1.54) is 0 Å². The Bertz CT molecular complexity index is 408. The molecule has 0 aliphatic heterocycles. The van der Waals surface area contributed by atoms with Crippen molar-refractivity contribution in [2.24, 2.45) is 0 Å². The molecule has 2 rings (SSSR count). The van der Waals surface area contributed by atoms with E-state index in [2.05, 4.69) is 15.9 Å². The predicted molar refractivity (Wildman–Crippen MR) is 51.8 cm³/mol. The molecule has 0 N–H and O–H groups in total. The maximum atomic E-state index is 12.9. The Balaban J connectivity index is 2.71. The van der Waals surface area contributed by atoms with Crippen LogP contribution in [0.15, 0.2) is 22.7 Å². The van der Waals surface area contributed by atoms with Crippen LogP contribution in [0.2, 0.25) is 0 Å². The van der Waals surface area contributed by atoms with Gasteiger partial charge in [-0.1, -0.05) is 28.1 Å². The first-order chi connectivity index (χ1) is 5.75. The zero-order chi connectivity index (χ0) is 8.55. The van der Waals surface area contributed by atoms with E-state index in [9.17, 15) is 4.39 Å². The van der Waals surface area contributed by atoms with E-state index in [1.807, 2.05) is 24.3 Å². The van der Waals surface area contributed by atoms with Crippen molar-refractivity contribution in [3.8, 4) is 0 Å². The van der Waals surface area contributed by atoms with Crippen LogP contribution < -0.4 is 10.4 Å². The largest absolute Gasteiger partial charge is 0.243 e. The highest BCUT2D eigenvalue weighted by Gasteiger charge is 2.03. The average molecular weight is 227 g/mol. The second-order valence-corrected chi connectivity index (χ2v) is 3.81. The van der Waals surface area contributed by atoms with E-state index in [1.54, 1.807) is 6.08 Å². The van der Waals surface area contributed by atoms with E-state index >= 15 is 0 Å². The van der Waals surface area contributed by atoms with Crippen LogP contribution in [0.5, 0.6) is 0 Å². The standard InChI is InChI=1S/C10H8BrF/c11-9-3-1-8-6-10(12)4-2-7(8)5-9/h1-3,5-6,10H,4H2. The van der Waals surface area contributed by atoms with Gasteiger partial charge in [0.1, 0.15) is 6.17 Å². The molecule has 2 heteroatoms. The van der Waals surface area contributed by atoms with E-state index in [0.717, 1.165) is 14.9 Å². The Hall–Kier alpha value is -0.630. The quantitative estimate of drug-likeness (QED) is 0.633. The monoisotopic (exact) mass is 226 g/mol. The molecule has 0 bridgehead atoms. The van der Waals surface area contributed by atoms with Crippen molar-refractivity contribution in [2.45, 2.75) is 12.6 Å². The molecule has 0 saturated heterocycles. The number of rotatable bonds is 0. The lowest BCUT2D eigenvalue weighted by atomic mass is 10.1. The molecule has 62 valence electrons. The van der Waals surface area contributed by atoms with Gasteiger partial charge in [0.2, 0.25) is 0 Å². The summed E-state index contributed by atoms with van der Waals surface area (Å²) in [5.41, 5.74) is 0. The number of hydrogen-bond donors (Lipinski definition) is 0. The lowest BCUT2D eigenvalue weighted by Gasteiger charge is -2.04. The molecular formula is C10H8BrF. The Morgan fingerprint density at radius 2 is 2.17 bits per heavy atom. The van der Waals surface area contributed by atoms with Crippen LogP contribution >= 0.6 is 15.9 Å². The minimum atomic E-state index is -0.807. The number of benzene rings is 1. The summed E-state index contributed by atoms with van der Waals surface area (Å²) in [6.07, 6.45) is 3.30. The summed E-state index contributed by atoms with van der Waals surface area (Å²) < 4.78 is 13.9. The van der Waals surface area contributed by atoms with E-state index in [4.69, 9.17) is 0 Å². The molecule has 0 amide bonds. The fourth-order valence-electron chi connectivity index (χ4n) is 1.38. The fourth-order valence-corrected chi connectivity index (χ4v) is 1.76. The second-order valence-electron chi connectivity index (χ2n) is 2.90. The molecule has 1 unspecified atom stereocenters. The highest BCUT2D eigenvalue weighted by molar-refractivity contribution is 9.10. The topological polar surface area (TPSA) is 0 Å². The normalized spacial score (nSPS) is 20.7. The first kappa shape index (κ1) is 7.99. The van der Waals surface area contributed by atoms with E-state index in [0.29, 0.717) is 6.42 Å². The van der Waals surface area contributed by atoms with Crippen molar-refractivity contribution >= 4 is 28.1 Å². The molecule has 1 aromatic rings. The van der Waals surface area contributed by atoms with Gasteiger partial charge in [0, 0.05) is 10.9 Å². The Morgan fingerprint density at radius 3 is 3.00 bits per heavy atom. The van der Waals surface area contributed by atoms with Gasteiger partial charge < -0.3 is 0 Å². The van der Waals surface area contributed by atoms with Crippen LogP contribution in [-0.4, -0.2) is 6.17 Å². The van der Waals surface area contributed by atoms with Gasteiger partial charge >= 0.3 is 0 Å². The molecule has 0 aromatic heterocycles. The van der Waals surface area contributed by atoms with Gasteiger partial charge in [-0.15, -0.1) is 0 Å². The summed E-state index contributed by atoms with van der Waals surface area (Å²) in [7, 11) is 0. The average Bonchev–Trinajstić information content (AvgIpc) is 2.05. The van der Waals surface area contributed by atoms with Gasteiger partial charge in [-0.25, -0.2) is 4.39 Å².